The second kappa shape index (κ2) is 6.41. The van der Waals surface area contributed by atoms with Gasteiger partial charge in [0.15, 0.2) is 4.91 Å². The van der Waals surface area contributed by atoms with Gasteiger partial charge in [0.05, 0.1) is 15.6 Å². The summed E-state index contributed by atoms with van der Waals surface area (Å²) >= 11 is 11.4. The SMILES string of the molecule is CCc1cc(Cl)c(N=C(Cl)P(O)O)cc1[N+](=O)[O-]. The quantitative estimate of drug-likeness (QED) is 0.386. The topological polar surface area (TPSA) is 96.0 Å². The second-order valence-electron chi connectivity index (χ2n) is 3.21. The number of aliphatic imine (C=N–C) groups is 1. The largest absolute Gasteiger partial charge is 0.345 e. The molecule has 0 aliphatic heterocycles. The van der Waals surface area contributed by atoms with Gasteiger partial charge in [0.1, 0.15) is 0 Å². The van der Waals surface area contributed by atoms with E-state index in [1.165, 1.54) is 6.07 Å². The van der Waals surface area contributed by atoms with Gasteiger partial charge in [0, 0.05) is 11.6 Å². The lowest BCUT2D eigenvalue weighted by Crippen LogP contribution is -1.94. The normalized spacial score (nSPS) is 12.0. The van der Waals surface area contributed by atoms with E-state index in [2.05, 4.69) is 4.99 Å². The van der Waals surface area contributed by atoms with Crippen LogP contribution in [0.2, 0.25) is 5.02 Å². The fraction of sp³-hybridized carbons (Fsp3) is 0.222. The third kappa shape index (κ3) is 3.60. The summed E-state index contributed by atoms with van der Waals surface area (Å²) < 4.78 is 0. The molecule has 0 aliphatic carbocycles. The lowest BCUT2D eigenvalue weighted by molar-refractivity contribution is -0.385. The van der Waals surface area contributed by atoms with Crippen LogP contribution in [0.1, 0.15) is 12.5 Å². The maximum atomic E-state index is 10.9. The Morgan fingerprint density at radius 3 is 2.61 bits per heavy atom. The zero-order chi connectivity index (χ0) is 13.9. The Labute approximate surface area is 114 Å². The number of halogens is 2. The summed E-state index contributed by atoms with van der Waals surface area (Å²) in [6.07, 6.45) is 0.445. The van der Waals surface area contributed by atoms with Gasteiger partial charge in [-0.15, -0.1) is 0 Å². The van der Waals surface area contributed by atoms with Crippen molar-refractivity contribution in [3.05, 3.63) is 32.8 Å². The van der Waals surface area contributed by atoms with Gasteiger partial charge in [-0.1, -0.05) is 30.1 Å². The number of hydrogen-bond acceptors (Lipinski definition) is 5. The molecule has 0 radical (unpaired) electrons. The summed E-state index contributed by atoms with van der Waals surface area (Å²) in [7, 11) is -2.55. The van der Waals surface area contributed by atoms with Crippen molar-refractivity contribution < 1.29 is 14.7 Å². The summed E-state index contributed by atoms with van der Waals surface area (Å²) in [4.78, 5) is 31.2. The summed E-state index contributed by atoms with van der Waals surface area (Å²) in [6, 6.07) is 2.57. The Bertz CT molecular complexity index is 508. The fourth-order valence-electron chi connectivity index (χ4n) is 1.27. The van der Waals surface area contributed by atoms with Gasteiger partial charge in [-0.05, 0) is 12.5 Å². The van der Waals surface area contributed by atoms with Gasteiger partial charge in [-0.25, -0.2) is 4.99 Å². The molecule has 0 spiro atoms. The monoisotopic (exact) mass is 310 g/mol. The Kier molecular flexibility index (Phi) is 5.44. The van der Waals surface area contributed by atoms with E-state index in [0.29, 0.717) is 12.0 Å². The number of benzene rings is 1. The van der Waals surface area contributed by atoms with Crippen LogP contribution in [-0.4, -0.2) is 19.6 Å². The standard InChI is InChI=1S/C9H9Cl2N2O4P/c1-2-5-3-6(10)7(4-8(5)13(14)15)12-9(11)18(16)17/h3-4,16-17H,2H2,1H3. The third-order valence-corrected chi connectivity index (χ3v) is 3.37. The zero-order valence-electron chi connectivity index (χ0n) is 9.17. The van der Waals surface area contributed by atoms with Crippen LogP contribution in [0.3, 0.4) is 0 Å². The number of rotatable bonds is 4. The molecule has 0 atom stereocenters. The van der Waals surface area contributed by atoms with Gasteiger partial charge >= 0.3 is 0 Å². The van der Waals surface area contributed by atoms with Crippen LogP contribution < -0.4 is 0 Å². The molecule has 98 valence electrons. The maximum Gasteiger partial charge on any atom is 0.274 e. The third-order valence-electron chi connectivity index (χ3n) is 2.10. The summed E-state index contributed by atoms with van der Waals surface area (Å²) in [6.45, 7) is 1.76. The zero-order valence-corrected chi connectivity index (χ0v) is 11.6. The fourth-order valence-corrected chi connectivity index (χ4v) is 1.79. The lowest BCUT2D eigenvalue weighted by atomic mass is 10.1. The highest BCUT2D eigenvalue weighted by Gasteiger charge is 2.17. The molecule has 0 heterocycles. The van der Waals surface area contributed by atoms with Gasteiger partial charge < -0.3 is 9.79 Å². The predicted molar refractivity (Wildman–Crippen MR) is 71.8 cm³/mol. The number of nitro groups is 1. The van der Waals surface area contributed by atoms with Crippen LogP contribution in [-0.2, 0) is 6.42 Å². The molecule has 0 bridgehead atoms. The molecule has 0 aromatic heterocycles. The van der Waals surface area contributed by atoms with E-state index in [1.807, 2.05) is 0 Å². The van der Waals surface area contributed by atoms with Crippen molar-refractivity contribution in [3.8, 4) is 0 Å². The van der Waals surface area contributed by atoms with Crippen LogP contribution in [0.4, 0.5) is 11.4 Å². The molecule has 0 unspecified atom stereocenters. The Hall–Kier alpha value is -0.780. The minimum absolute atomic E-state index is 0.0289. The van der Waals surface area contributed by atoms with E-state index in [9.17, 15) is 10.1 Å². The first-order chi connectivity index (χ1) is 8.36. The van der Waals surface area contributed by atoms with Gasteiger partial charge in [0.25, 0.3) is 5.69 Å². The molecular formula is C9H9Cl2N2O4P. The van der Waals surface area contributed by atoms with Crippen LogP contribution in [0.25, 0.3) is 0 Å². The van der Waals surface area contributed by atoms with E-state index in [1.54, 1.807) is 6.92 Å². The summed E-state index contributed by atoms with van der Waals surface area (Å²) in [5, 5.41) is 11.0. The average Bonchev–Trinajstić information content (AvgIpc) is 2.30. The highest BCUT2D eigenvalue weighted by atomic mass is 35.5. The maximum absolute atomic E-state index is 10.9. The van der Waals surface area contributed by atoms with Crippen molar-refractivity contribution in [3.63, 3.8) is 0 Å². The highest BCUT2D eigenvalue weighted by Crippen LogP contribution is 2.37. The molecule has 1 rings (SSSR count). The minimum Gasteiger partial charge on any atom is -0.345 e. The van der Waals surface area contributed by atoms with Crippen LogP contribution in [0, 0.1) is 10.1 Å². The van der Waals surface area contributed by atoms with E-state index in [0.717, 1.165) is 6.07 Å². The van der Waals surface area contributed by atoms with Gasteiger partial charge in [-0.2, -0.15) is 0 Å². The van der Waals surface area contributed by atoms with E-state index in [-0.39, 0.29) is 16.4 Å². The number of hydrogen-bond donors (Lipinski definition) is 2. The Balaban J connectivity index is 3.34. The van der Waals surface area contributed by atoms with Crippen molar-refractivity contribution in [2.45, 2.75) is 13.3 Å². The Morgan fingerprint density at radius 1 is 1.56 bits per heavy atom. The Morgan fingerprint density at radius 2 is 2.17 bits per heavy atom. The van der Waals surface area contributed by atoms with Crippen molar-refractivity contribution in [1.29, 1.82) is 0 Å². The number of aryl methyl sites for hydroxylation is 1. The molecule has 0 amide bonds. The molecule has 18 heavy (non-hydrogen) atoms. The van der Waals surface area contributed by atoms with Crippen LogP contribution >= 0.6 is 31.6 Å². The van der Waals surface area contributed by atoms with Gasteiger partial charge in [-0.3, -0.25) is 10.1 Å². The molecule has 6 nitrogen and oxygen atoms in total. The van der Waals surface area contributed by atoms with Crippen molar-refractivity contribution in [1.82, 2.24) is 0 Å². The number of nitrogens with zero attached hydrogens (tertiary/aromatic N) is 2. The van der Waals surface area contributed by atoms with Crippen molar-refractivity contribution >= 4 is 47.9 Å². The predicted octanol–water partition coefficient (Wildman–Crippen LogP) is 3.33. The molecule has 0 saturated carbocycles. The smallest absolute Gasteiger partial charge is 0.274 e. The molecule has 0 aliphatic rings. The summed E-state index contributed by atoms with van der Waals surface area (Å²) in [5.41, 5.74) is 0.363. The van der Waals surface area contributed by atoms with Crippen LogP contribution in [0.5, 0.6) is 0 Å². The number of nitro benzene ring substituents is 1. The second-order valence-corrected chi connectivity index (χ2v) is 5.24. The molecular weight excluding hydrogens is 302 g/mol. The van der Waals surface area contributed by atoms with Crippen molar-refractivity contribution in [2.24, 2.45) is 4.99 Å². The van der Waals surface area contributed by atoms with Gasteiger partial charge in [0.2, 0.25) is 8.38 Å². The van der Waals surface area contributed by atoms with Crippen molar-refractivity contribution in [2.75, 3.05) is 0 Å². The molecule has 2 N–H and O–H groups in total. The average molecular weight is 311 g/mol. The molecule has 0 saturated heterocycles. The lowest BCUT2D eigenvalue weighted by Gasteiger charge is -2.05. The van der Waals surface area contributed by atoms with E-state index >= 15 is 0 Å². The summed E-state index contributed by atoms with van der Waals surface area (Å²) in [5.74, 6) is 0. The van der Waals surface area contributed by atoms with Crippen LogP contribution in [0.15, 0.2) is 17.1 Å². The molecule has 9 heteroatoms. The first-order valence-electron chi connectivity index (χ1n) is 4.75. The molecule has 1 aromatic rings. The minimum atomic E-state index is -2.55. The molecule has 1 aromatic carbocycles. The first-order valence-corrected chi connectivity index (χ1v) is 6.76. The van der Waals surface area contributed by atoms with E-state index in [4.69, 9.17) is 33.0 Å². The molecule has 0 fully saturated rings. The first kappa shape index (κ1) is 15.3. The highest BCUT2D eigenvalue weighted by molar-refractivity contribution is 7.70. The van der Waals surface area contributed by atoms with E-state index < -0.39 is 18.2 Å².